The second-order valence-corrected chi connectivity index (χ2v) is 9.48. The summed E-state index contributed by atoms with van der Waals surface area (Å²) in [5, 5.41) is 15.6. The molecule has 1 saturated carbocycles. The fraction of sp³-hybridized carbons (Fsp3) is 0.560. The molecule has 1 unspecified atom stereocenters. The number of carbonyl (C=O) groups is 2. The number of alkyl halides is 3. The molecule has 1 aromatic rings. The lowest BCUT2D eigenvalue weighted by molar-refractivity contribution is -0.137. The molecule has 2 atom stereocenters. The number of rotatable bonds is 6. The maximum absolute atomic E-state index is 12.8. The Balaban J connectivity index is 1.22. The summed E-state index contributed by atoms with van der Waals surface area (Å²) >= 11 is 0. The van der Waals surface area contributed by atoms with Crippen LogP contribution in [-0.2, 0) is 11.0 Å². The van der Waals surface area contributed by atoms with Crippen molar-refractivity contribution in [2.24, 2.45) is 10.9 Å². The number of nitrogens with zero attached hydrogens (tertiary/aromatic N) is 2. The minimum atomic E-state index is -4.56. The number of hydrogen-bond donors (Lipinski definition) is 3. The van der Waals surface area contributed by atoms with Gasteiger partial charge in [-0.15, -0.1) is 0 Å². The highest BCUT2D eigenvalue weighted by Crippen LogP contribution is 2.35. The van der Waals surface area contributed by atoms with E-state index in [1.807, 2.05) is 6.21 Å². The fourth-order valence-electron chi connectivity index (χ4n) is 5.15. The van der Waals surface area contributed by atoms with E-state index in [1.165, 1.54) is 11.8 Å². The molecule has 190 valence electrons. The van der Waals surface area contributed by atoms with Crippen molar-refractivity contribution in [3.05, 3.63) is 47.2 Å². The van der Waals surface area contributed by atoms with Gasteiger partial charge in [0.15, 0.2) is 0 Å². The zero-order chi connectivity index (χ0) is 25.0. The van der Waals surface area contributed by atoms with Crippen molar-refractivity contribution in [1.29, 1.82) is 0 Å². The highest BCUT2D eigenvalue weighted by molar-refractivity contribution is 5.96. The van der Waals surface area contributed by atoms with Crippen LogP contribution in [0.4, 0.5) is 13.2 Å². The molecule has 0 bridgehead atoms. The van der Waals surface area contributed by atoms with Crippen LogP contribution in [0.2, 0.25) is 0 Å². The summed E-state index contributed by atoms with van der Waals surface area (Å²) < 4.78 is 38.5. The van der Waals surface area contributed by atoms with Gasteiger partial charge in [0.1, 0.15) is 0 Å². The Bertz CT molecular complexity index is 986. The van der Waals surface area contributed by atoms with E-state index in [9.17, 15) is 27.9 Å². The zero-order valence-corrected chi connectivity index (χ0v) is 19.4. The maximum atomic E-state index is 12.8. The van der Waals surface area contributed by atoms with Gasteiger partial charge in [-0.05, 0) is 56.7 Å². The summed E-state index contributed by atoms with van der Waals surface area (Å²) in [5.74, 6) is -0.776. The molecule has 2 aliphatic heterocycles. The van der Waals surface area contributed by atoms with Crippen LogP contribution in [0.15, 0.2) is 41.0 Å². The zero-order valence-electron chi connectivity index (χ0n) is 19.4. The Hall–Kier alpha value is -2.72. The number of benzene rings is 1. The van der Waals surface area contributed by atoms with Crippen LogP contribution in [0.3, 0.4) is 0 Å². The number of aliphatic hydroxyl groups is 1. The minimum Gasteiger partial charge on any atom is -0.390 e. The molecule has 2 heterocycles. The molecule has 2 fully saturated rings. The molecule has 1 aliphatic carbocycles. The fourth-order valence-corrected chi connectivity index (χ4v) is 5.15. The summed E-state index contributed by atoms with van der Waals surface area (Å²) in [6.45, 7) is 0.599. The predicted octanol–water partition coefficient (Wildman–Crippen LogP) is 2.90. The lowest BCUT2D eigenvalue weighted by Gasteiger charge is -2.35. The first-order valence-electron chi connectivity index (χ1n) is 12.1. The van der Waals surface area contributed by atoms with Crippen LogP contribution in [0, 0.1) is 5.92 Å². The van der Waals surface area contributed by atoms with Crippen LogP contribution in [-0.4, -0.2) is 65.9 Å². The Labute approximate surface area is 202 Å². The van der Waals surface area contributed by atoms with Crippen LogP contribution >= 0.6 is 0 Å². The SMILES string of the molecule is O=C(CNC(=O)c1cccc(C(F)(F)F)c1)N[C@H]1CN(C2CCC(C3=CCCC=N3)CC2)CC1O. The number of aliphatic imine (C=N–C) groups is 1. The largest absolute Gasteiger partial charge is 0.416 e. The molecule has 10 heteroatoms. The molecule has 0 radical (unpaired) electrons. The minimum absolute atomic E-state index is 0.176. The van der Waals surface area contributed by atoms with Crippen LogP contribution in [0.5, 0.6) is 0 Å². The third-order valence-electron chi connectivity index (χ3n) is 7.05. The van der Waals surface area contributed by atoms with Gasteiger partial charge >= 0.3 is 6.18 Å². The van der Waals surface area contributed by atoms with Gasteiger partial charge in [-0.2, -0.15) is 13.2 Å². The van der Waals surface area contributed by atoms with Crippen LogP contribution in [0.1, 0.15) is 54.4 Å². The average molecular weight is 493 g/mol. The van der Waals surface area contributed by atoms with E-state index in [0.29, 0.717) is 25.0 Å². The first kappa shape index (κ1) is 25.4. The Kier molecular flexibility index (Phi) is 7.91. The van der Waals surface area contributed by atoms with Crippen molar-refractivity contribution < 1.29 is 27.9 Å². The summed E-state index contributed by atoms with van der Waals surface area (Å²) in [7, 11) is 0. The summed E-state index contributed by atoms with van der Waals surface area (Å²) in [5.41, 5.74) is 0.0967. The van der Waals surface area contributed by atoms with E-state index < -0.39 is 35.7 Å². The molecule has 35 heavy (non-hydrogen) atoms. The number of aliphatic hydroxyl groups excluding tert-OH is 1. The van der Waals surface area contributed by atoms with E-state index in [2.05, 4.69) is 26.6 Å². The first-order chi connectivity index (χ1) is 16.7. The van der Waals surface area contributed by atoms with Gasteiger partial charge < -0.3 is 15.7 Å². The van der Waals surface area contributed by atoms with Crippen molar-refractivity contribution in [2.75, 3.05) is 19.6 Å². The van der Waals surface area contributed by atoms with Crippen LogP contribution in [0.25, 0.3) is 0 Å². The molecule has 7 nitrogen and oxygen atoms in total. The van der Waals surface area contributed by atoms with Gasteiger partial charge in [-0.25, -0.2) is 0 Å². The van der Waals surface area contributed by atoms with Crippen molar-refractivity contribution in [2.45, 2.75) is 62.9 Å². The number of allylic oxidation sites excluding steroid dienone is 2. The molecule has 0 aromatic heterocycles. The molecule has 3 aliphatic rings. The third-order valence-corrected chi connectivity index (χ3v) is 7.05. The summed E-state index contributed by atoms with van der Waals surface area (Å²) in [4.78, 5) is 31.3. The quantitative estimate of drug-likeness (QED) is 0.569. The predicted molar refractivity (Wildman–Crippen MR) is 125 cm³/mol. The standard InChI is InChI=1S/C25H31F3N4O3/c26-25(27,28)18-5-3-4-17(12-18)24(35)30-13-23(34)31-21-14-32(15-22(21)33)19-9-7-16(8-10-19)20-6-1-2-11-29-20/h3-6,11-12,16,19,21-22,33H,1-2,7-10,13-15H2,(H,30,35)(H,31,34)/t16?,19?,21-,22?/m0/s1. The monoisotopic (exact) mass is 492 g/mol. The number of amides is 2. The molecular weight excluding hydrogens is 461 g/mol. The Morgan fingerprint density at radius 3 is 2.57 bits per heavy atom. The number of likely N-dealkylation sites (tertiary alicyclic amines) is 1. The van der Waals surface area contributed by atoms with Gasteiger partial charge in [-0.1, -0.05) is 12.1 Å². The molecule has 4 rings (SSSR count). The third kappa shape index (κ3) is 6.49. The molecular formula is C25H31F3N4O3. The lowest BCUT2D eigenvalue weighted by Crippen LogP contribution is -2.47. The van der Waals surface area contributed by atoms with Crippen molar-refractivity contribution in [3.63, 3.8) is 0 Å². The number of carbonyl (C=O) groups excluding carboxylic acids is 2. The second kappa shape index (κ2) is 10.9. The molecule has 1 saturated heterocycles. The highest BCUT2D eigenvalue weighted by Gasteiger charge is 2.37. The summed E-state index contributed by atoms with van der Waals surface area (Å²) in [6.07, 6.45) is 5.15. The van der Waals surface area contributed by atoms with Crippen molar-refractivity contribution in [3.8, 4) is 0 Å². The topological polar surface area (TPSA) is 94.0 Å². The molecule has 0 spiro atoms. The Morgan fingerprint density at radius 2 is 1.89 bits per heavy atom. The summed E-state index contributed by atoms with van der Waals surface area (Å²) in [6, 6.07) is 3.91. The smallest absolute Gasteiger partial charge is 0.390 e. The van der Waals surface area contributed by atoms with Gasteiger partial charge in [0, 0.05) is 42.5 Å². The van der Waals surface area contributed by atoms with Gasteiger partial charge in [-0.3, -0.25) is 19.5 Å². The molecule has 1 aromatic carbocycles. The number of halogens is 3. The average Bonchev–Trinajstić information content (AvgIpc) is 3.22. The number of hydrogen-bond acceptors (Lipinski definition) is 5. The van der Waals surface area contributed by atoms with E-state index in [1.54, 1.807) is 0 Å². The van der Waals surface area contributed by atoms with Crippen molar-refractivity contribution >= 4 is 18.0 Å². The van der Waals surface area contributed by atoms with Gasteiger partial charge in [0.05, 0.1) is 24.3 Å². The molecule has 3 N–H and O–H groups in total. The van der Waals surface area contributed by atoms with E-state index >= 15 is 0 Å². The number of nitrogens with one attached hydrogen (secondary N) is 2. The second-order valence-electron chi connectivity index (χ2n) is 9.48. The first-order valence-corrected chi connectivity index (χ1v) is 12.1. The normalized spacial score (nSPS) is 27.4. The van der Waals surface area contributed by atoms with Gasteiger partial charge in [0.2, 0.25) is 5.91 Å². The lowest BCUT2D eigenvalue weighted by atomic mass is 9.83. The highest BCUT2D eigenvalue weighted by atomic mass is 19.4. The molecule has 2 amide bonds. The van der Waals surface area contributed by atoms with E-state index in [4.69, 9.17) is 0 Å². The van der Waals surface area contributed by atoms with Gasteiger partial charge in [0.25, 0.3) is 5.91 Å². The van der Waals surface area contributed by atoms with Crippen LogP contribution < -0.4 is 10.6 Å². The van der Waals surface area contributed by atoms with E-state index in [-0.39, 0.29) is 12.1 Å². The van der Waals surface area contributed by atoms with E-state index in [0.717, 1.165) is 56.7 Å². The maximum Gasteiger partial charge on any atom is 0.416 e. The Morgan fingerprint density at radius 1 is 1.11 bits per heavy atom. The van der Waals surface area contributed by atoms with Crippen molar-refractivity contribution in [1.82, 2.24) is 15.5 Å². The number of β-amino-alcohol motifs (C(OH)–C–C–N with tert-alkyl or cyclic N) is 1.